The van der Waals surface area contributed by atoms with Crippen LogP contribution in [0.2, 0.25) is 0 Å². The van der Waals surface area contributed by atoms with Gasteiger partial charge >= 0.3 is 0 Å². The normalized spacial score (nSPS) is 45.2. The van der Waals surface area contributed by atoms with Gasteiger partial charge < -0.3 is 14.6 Å². The molecule has 7 heteroatoms. The molecular weight excluding hydrogens is 548 g/mol. The lowest BCUT2D eigenvalue weighted by atomic mass is 9.96. The minimum atomic E-state index is -0.548. The van der Waals surface area contributed by atoms with E-state index in [9.17, 15) is 5.11 Å². The summed E-state index contributed by atoms with van der Waals surface area (Å²) >= 11 is 14.5. The largest absolute Gasteiger partial charge is 0.390 e. The maximum atomic E-state index is 10.3. The molecule has 0 aromatic rings. The molecule has 2 heterocycles. The van der Waals surface area contributed by atoms with E-state index in [0.717, 1.165) is 12.8 Å². The van der Waals surface area contributed by atoms with Gasteiger partial charge in [-0.25, -0.2) is 0 Å². The van der Waals surface area contributed by atoms with Crippen molar-refractivity contribution in [3.05, 3.63) is 0 Å². The first-order chi connectivity index (χ1) is 10.4. The summed E-state index contributed by atoms with van der Waals surface area (Å²) in [7, 11) is 0. The molecule has 1 N–H and O–H groups in total. The highest BCUT2D eigenvalue weighted by molar-refractivity contribution is 9.10. The molecule has 0 aromatic heterocycles. The van der Waals surface area contributed by atoms with Crippen LogP contribution in [-0.2, 0) is 9.47 Å². The van der Waals surface area contributed by atoms with Gasteiger partial charge in [0.15, 0.2) is 0 Å². The topological polar surface area (TPSA) is 38.7 Å². The lowest BCUT2D eigenvalue weighted by Crippen LogP contribution is -2.51. The Hall–Kier alpha value is 1.36. The third-order valence-corrected chi connectivity index (χ3v) is 8.00. The van der Waals surface area contributed by atoms with E-state index in [0.29, 0.717) is 11.2 Å². The molecule has 2 fully saturated rings. The SMILES string of the molecule is C#C[C@H](Br)[C@H]1C[C@@H](O)[C@@H]([C@@H](Br)[C@H]2O[C@@H](CC)[C@H](Br)C[C@@H]2Br)O1. The van der Waals surface area contributed by atoms with Crippen LogP contribution in [0, 0.1) is 12.3 Å². The first kappa shape index (κ1) is 19.7. The van der Waals surface area contributed by atoms with Crippen molar-refractivity contribution in [2.24, 2.45) is 0 Å². The summed E-state index contributed by atoms with van der Waals surface area (Å²) in [6, 6.07) is 0. The number of hydrogen-bond acceptors (Lipinski definition) is 3. The quantitative estimate of drug-likeness (QED) is 0.415. The Bertz CT molecular complexity index is 416. The third-order valence-electron chi connectivity index (χ3n) is 4.24. The number of terminal acetylenes is 1. The van der Waals surface area contributed by atoms with Gasteiger partial charge in [-0.15, -0.1) is 6.42 Å². The van der Waals surface area contributed by atoms with Crippen LogP contribution in [0.3, 0.4) is 0 Å². The van der Waals surface area contributed by atoms with Gasteiger partial charge in [0.1, 0.15) is 4.83 Å². The Labute approximate surface area is 165 Å². The zero-order valence-corrected chi connectivity index (χ0v) is 18.5. The van der Waals surface area contributed by atoms with Gasteiger partial charge in [-0.05, 0) is 12.8 Å². The Morgan fingerprint density at radius 3 is 2.45 bits per heavy atom. The minimum absolute atomic E-state index is 0.0586. The molecule has 2 aliphatic heterocycles. The summed E-state index contributed by atoms with van der Waals surface area (Å²) in [5, 5.41) is 10.3. The first-order valence-corrected chi connectivity index (χ1v) is 11.1. The van der Waals surface area contributed by atoms with E-state index in [1.165, 1.54) is 0 Å². The first-order valence-electron chi connectivity index (χ1n) is 7.40. The van der Waals surface area contributed by atoms with Crippen LogP contribution < -0.4 is 0 Å². The Morgan fingerprint density at radius 2 is 1.86 bits per heavy atom. The van der Waals surface area contributed by atoms with Crippen LogP contribution in [-0.4, -0.2) is 54.9 Å². The number of aliphatic hydroxyl groups excluding tert-OH is 1. The number of hydrogen-bond donors (Lipinski definition) is 1. The van der Waals surface area contributed by atoms with E-state index in [1.54, 1.807) is 0 Å². The van der Waals surface area contributed by atoms with Crippen LogP contribution in [0.4, 0.5) is 0 Å². The summed E-state index contributed by atoms with van der Waals surface area (Å²) in [6.07, 6.45) is 6.95. The number of ether oxygens (including phenoxy) is 2. The molecule has 0 aliphatic carbocycles. The van der Waals surface area contributed by atoms with Crippen molar-refractivity contribution in [3.8, 4) is 12.3 Å². The number of rotatable bonds is 4. The van der Waals surface area contributed by atoms with Crippen molar-refractivity contribution in [3.63, 3.8) is 0 Å². The highest BCUT2D eigenvalue weighted by atomic mass is 79.9. The van der Waals surface area contributed by atoms with Crippen LogP contribution in [0.25, 0.3) is 0 Å². The molecule has 9 atom stereocenters. The van der Waals surface area contributed by atoms with E-state index in [-0.39, 0.29) is 38.9 Å². The van der Waals surface area contributed by atoms with Crippen molar-refractivity contribution in [1.29, 1.82) is 0 Å². The number of alkyl halides is 4. The molecule has 2 saturated heterocycles. The summed E-state index contributed by atoms with van der Waals surface area (Å²) in [6.45, 7) is 2.12. The van der Waals surface area contributed by atoms with Gasteiger partial charge in [0.2, 0.25) is 0 Å². The maximum absolute atomic E-state index is 10.3. The van der Waals surface area contributed by atoms with Gasteiger partial charge in [-0.2, -0.15) is 0 Å². The van der Waals surface area contributed by atoms with Gasteiger partial charge in [0.25, 0.3) is 0 Å². The molecule has 22 heavy (non-hydrogen) atoms. The van der Waals surface area contributed by atoms with Gasteiger partial charge in [-0.1, -0.05) is 76.6 Å². The smallest absolute Gasteiger partial charge is 0.101 e. The van der Waals surface area contributed by atoms with Crippen LogP contribution in [0.5, 0.6) is 0 Å². The molecule has 0 spiro atoms. The summed E-state index contributed by atoms with van der Waals surface area (Å²) in [5.74, 6) is 2.62. The van der Waals surface area contributed by atoms with E-state index in [2.05, 4.69) is 76.6 Å². The van der Waals surface area contributed by atoms with Crippen molar-refractivity contribution in [1.82, 2.24) is 0 Å². The third kappa shape index (κ3) is 4.30. The molecule has 0 amide bonds. The fourth-order valence-electron chi connectivity index (χ4n) is 2.99. The van der Waals surface area contributed by atoms with E-state index in [1.807, 2.05) is 0 Å². The second-order valence-corrected chi connectivity index (χ2v) is 10.2. The highest BCUT2D eigenvalue weighted by Gasteiger charge is 2.47. The lowest BCUT2D eigenvalue weighted by molar-refractivity contribution is -0.0731. The fraction of sp³-hybridized carbons (Fsp3) is 0.867. The van der Waals surface area contributed by atoms with Gasteiger partial charge in [0.05, 0.1) is 35.3 Å². The predicted molar refractivity (Wildman–Crippen MR) is 103 cm³/mol. The molecule has 2 aliphatic rings. The monoisotopic (exact) mass is 564 g/mol. The Balaban J connectivity index is 2.04. The van der Waals surface area contributed by atoms with E-state index in [4.69, 9.17) is 15.9 Å². The highest BCUT2D eigenvalue weighted by Crippen LogP contribution is 2.39. The Morgan fingerprint density at radius 1 is 1.18 bits per heavy atom. The Kier molecular flexibility index (Phi) is 7.73. The summed E-state index contributed by atoms with van der Waals surface area (Å²) < 4.78 is 12.2. The second-order valence-electron chi connectivity index (χ2n) is 5.77. The van der Waals surface area contributed by atoms with Crippen molar-refractivity contribution in [2.45, 2.75) is 76.0 Å². The number of halogens is 4. The second kappa shape index (κ2) is 8.64. The van der Waals surface area contributed by atoms with Crippen LogP contribution in [0.15, 0.2) is 0 Å². The van der Waals surface area contributed by atoms with Crippen molar-refractivity contribution < 1.29 is 14.6 Å². The molecule has 2 rings (SSSR count). The molecule has 0 bridgehead atoms. The molecule has 0 unspecified atom stereocenters. The van der Waals surface area contributed by atoms with Crippen molar-refractivity contribution in [2.75, 3.05) is 0 Å². The van der Waals surface area contributed by atoms with E-state index < -0.39 is 6.10 Å². The molecule has 0 aromatic carbocycles. The molecule has 0 saturated carbocycles. The summed E-state index contributed by atoms with van der Waals surface area (Å²) in [5.41, 5.74) is 0. The van der Waals surface area contributed by atoms with Crippen LogP contribution >= 0.6 is 63.7 Å². The lowest BCUT2D eigenvalue weighted by Gasteiger charge is -2.41. The predicted octanol–water partition coefficient (Wildman–Crippen LogP) is 3.76. The minimum Gasteiger partial charge on any atom is -0.390 e. The average Bonchev–Trinajstić information content (AvgIpc) is 2.88. The molecule has 0 radical (unpaired) electrons. The standard InChI is InChI=1S/C15H20Br4O3/c1-3-7(16)12-6-10(20)15(22-12)13(19)14-9(18)5-8(17)11(4-2)21-14/h1,7-15,20H,4-6H2,2H3/t7-,8+,9-,10+,11-,12+,13-,14-,15-/m0/s1. The van der Waals surface area contributed by atoms with Gasteiger partial charge in [0, 0.05) is 16.1 Å². The van der Waals surface area contributed by atoms with Crippen LogP contribution in [0.1, 0.15) is 26.2 Å². The zero-order valence-electron chi connectivity index (χ0n) is 12.2. The average molecular weight is 568 g/mol. The molecular formula is C15H20Br4O3. The van der Waals surface area contributed by atoms with E-state index >= 15 is 0 Å². The molecule has 126 valence electrons. The fourth-order valence-corrected chi connectivity index (χ4v) is 6.97. The van der Waals surface area contributed by atoms with Crippen molar-refractivity contribution >= 4 is 63.7 Å². The zero-order chi connectivity index (χ0) is 16.4. The summed E-state index contributed by atoms with van der Waals surface area (Å²) in [4.78, 5) is 0.261. The van der Waals surface area contributed by atoms with Gasteiger partial charge in [-0.3, -0.25) is 0 Å². The molecule has 3 nitrogen and oxygen atoms in total. The number of aliphatic hydroxyl groups is 1. The maximum Gasteiger partial charge on any atom is 0.101 e.